The van der Waals surface area contributed by atoms with Crippen molar-refractivity contribution < 1.29 is 8.85 Å². The quantitative estimate of drug-likeness (QED) is 0.636. The van der Waals surface area contributed by atoms with Crippen LogP contribution in [0.4, 0.5) is 0 Å². The minimum atomic E-state index is -1.93. The third-order valence-corrected chi connectivity index (χ3v) is 6.44. The molecule has 0 rings (SSSR count). The van der Waals surface area contributed by atoms with Gasteiger partial charge in [-0.3, -0.25) is 0 Å². The van der Waals surface area contributed by atoms with Gasteiger partial charge in [-0.2, -0.15) is 0 Å². The predicted molar refractivity (Wildman–Crippen MR) is 62.5 cm³/mol. The van der Waals surface area contributed by atoms with Gasteiger partial charge in [0.15, 0.2) is 0 Å². The molecule has 0 radical (unpaired) electrons. The van der Waals surface area contributed by atoms with Gasteiger partial charge < -0.3 is 14.6 Å². The zero-order valence-corrected chi connectivity index (χ0v) is 11.0. The van der Waals surface area contributed by atoms with Crippen molar-refractivity contribution in [3.8, 4) is 0 Å². The molecule has 0 aliphatic heterocycles. The van der Waals surface area contributed by atoms with E-state index in [1.165, 1.54) is 0 Å². The Kier molecular flexibility index (Phi) is 7.45. The molecule has 2 N–H and O–H groups in total. The molecule has 0 fully saturated rings. The van der Waals surface area contributed by atoms with Gasteiger partial charge in [0.1, 0.15) is 0 Å². The first-order valence-electron chi connectivity index (χ1n) is 5.62. The van der Waals surface area contributed by atoms with Gasteiger partial charge in [-0.25, -0.2) is 0 Å². The van der Waals surface area contributed by atoms with Crippen molar-refractivity contribution >= 4 is 8.56 Å². The third kappa shape index (κ3) is 4.55. The van der Waals surface area contributed by atoms with Gasteiger partial charge in [0.2, 0.25) is 0 Å². The van der Waals surface area contributed by atoms with Crippen LogP contribution < -0.4 is 5.73 Å². The summed E-state index contributed by atoms with van der Waals surface area (Å²) < 4.78 is 11.7. The van der Waals surface area contributed by atoms with E-state index in [0.29, 0.717) is 5.92 Å². The first-order chi connectivity index (χ1) is 6.64. The Bertz CT molecular complexity index is 138. The maximum Gasteiger partial charge on any atom is 0.338 e. The van der Waals surface area contributed by atoms with Crippen molar-refractivity contribution in [3.63, 3.8) is 0 Å². The second-order valence-corrected chi connectivity index (χ2v) is 7.19. The summed E-state index contributed by atoms with van der Waals surface area (Å²) in [5.74, 6) is 0.500. The second kappa shape index (κ2) is 7.40. The summed E-state index contributed by atoms with van der Waals surface area (Å²) in [6.07, 6.45) is 0. The van der Waals surface area contributed by atoms with Crippen LogP contribution >= 0.6 is 0 Å². The van der Waals surface area contributed by atoms with Crippen molar-refractivity contribution in [1.29, 1.82) is 0 Å². The first-order valence-corrected chi connectivity index (χ1v) is 7.85. The molecule has 86 valence electrons. The molecular weight excluding hydrogens is 194 g/mol. The van der Waals surface area contributed by atoms with E-state index in [0.717, 1.165) is 31.8 Å². The van der Waals surface area contributed by atoms with Crippen LogP contribution in [0.1, 0.15) is 27.7 Å². The van der Waals surface area contributed by atoms with E-state index in [4.69, 9.17) is 14.6 Å². The van der Waals surface area contributed by atoms with Crippen LogP contribution in [-0.4, -0.2) is 28.3 Å². The van der Waals surface area contributed by atoms with Crippen molar-refractivity contribution in [3.05, 3.63) is 0 Å². The molecule has 0 aliphatic rings. The molecule has 0 amide bonds. The predicted octanol–water partition coefficient (Wildman–Crippen LogP) is 2.12. The maximum absolute atomic E-state index is 5.85. The minimum Gasteiger partial charge on any atom is -0.394 e. The number of hydrogen-bond donors (Lipinski definition) is 1. The van der Waals surface area contributed by atoms with Crippen LogP contribution in [0.15, 0.2) is 0 Å². The zero-order valence-electron chi connectivity index (χ0n) is 10.0. The van der Waals surface area contributed by atoms with Crippen LogP contribution in [0.5, 0.6) is 0 Å². The van der Waals surface area contributed by atoms with E-state index in [1.54, 1.807) is 0 Å². The van der Waals surface area contributed by atoms with Crippen LogP contribution in [0.2, 0.25) is 12.1 Å². The van der Waals surface area contributed by atoms with Crippen molar-refractivity contribution in [1.82, 2.24) is 0 Å². The number of rotatable bonds is 8. The van der Waals surface area contributed by atoms with Gasteiger partial charge in [-0.15, -0.1) is 0 Å². The van der Waals surface area contributed by atoms with E-state index in [1.807, 2.05) is 13.8 Å². The first kappa shape index (κ1) is 14.1. The van der Waals surface area contributed by atoms with E-state index < -0.39 is 8.56 Å². The molecule has 0 aliphatic carbocycles. The van der Waals surface area contributed by atoms with Gasteiger partial charge in [0.25, 0.3) is 0 Å². The highest BCUT2D eigenvalue weighted by atomic mass is 28.4. The molecule has 4 heteroatoms. The summed E-state index contributed by atoms with van der Waals surface area (Å²) in [5.41, 5.74) is 5.64. The molecule has 0 spiro atoms. The lowest BCUT2D eigenvalue weighted by molar-refractivity contribution is 0.179. The topological polar surface area (TPSA) is 44.5 Å². The van der Waals surface area contributed by atoms with Crippen LogP contribution in [0.25, 0.3) is 0 Å². The molecule has 0 saturated heterocycles. The SMILES string of the molecule is CCO[Si](CC)(CC(C)CN)OCC. The molecule has 1 atom stereocenters. The minimum absolute atomic E-state index is 0.500. The van der Waals surface area contributed by atoms with Crippen molar-refractivity contribution in [2.24, 2.45) is 11.7 Å². The summed E-state index contributed by atoms with van der Waals surface area (Å²) in [6, 6.07) is 2.03. The van der Waals surface area contributed by atoms with E-state index in [-0.39, 0.29) is 0 Å². The average Bonchev–Trinajstić information content (AvgIpc) is 2.18. The van der Waals surface area contributed by atoms with E-state index in [9.17, 15) is 0 Å². The number of nitrogens with two attached hydrogens (primary N) is 1. The summed E-state index contributed by atoms with van der Waals surface area (Å²) in [5, 5.41) is 0. The van der Waals surface area contributed by atoms with Crippen molar-refractivity contribution in [2.45, 2.75) is 39.8 Å². The van der Waals surface area contributed by atoms with E-state index in [2.05, 4.69) is 13.8 Å². The van der Waals surface area contributed by atoms with Crippen molar-refractivity contribution in [2.75, 3.05) is 19.8 Å². The van der Waals surface area contributed by atoms with Crippen LogP contribution in [0.3, 0.4) is 0 Å². The monoisotopic (exact) mass is 219 g/mol. The molecule has 1 unspecified atom stereocenters. The molecule has 3 nitrogen and oxygen atoms in total. The molecule has 0 aromatic heterocycles. The highest BCUT2D eigenvalue weighted by molar-refractivity contribution is 6.67. The fraction of sp³-hybridized carbons (Fsp3) is 1.00. The summed E-state index contributed by atoms with van der Waals surface area (Å²) in [4.78, 5) is 0. The maximum atomic E-state index is 5.85. The molecule has 14 heavy (non-hydrogen) atoms. The Morgan fingerprint density at radius 1 is 1.14 bits per heavy atom. The fourth-order valence-electron chi connectivity index (χ4n) is 1.65. The third-order valence-electron chi connectivity index (χ3n) is 2.42. The normalized spacial score (nSPS) is 14.4. The van der Waals surface area contributed by atoms with E-state index >= 15 is 0 Å². The molecule has 0 aromatic rings. The zero-order chi connectivity index (χ0) is 11.0. The Morgan fingerprint density at radius 2 is 1.64 bits per heavy atom. The van der Waals surface area contributed by atoms with Gasteiger partial charge in [0.05, 0.1) is 0 Å². The van der Waals surface area contributed by atoms with Crippen LogP contribution in [-0.2, 0) is 8.85 Å². The molecule has 0 heterocycles. The molecule has 0 aromatic carbocycles. The summed E-state index contributed by atoms with van der Waals surface area (Å²) >= 11 is 0. The Balaban J connectivity index is 4.31. The van der Waals surface area contributed by atoms with Gasteiger partial charge in [-0.05, 0) is 38.4 Å². The van der Waals surface area contributed by atoms with Gasteiger partial charge >= 0.3 is 8.56 Å². The smallest absolute Gasteiger partial charge is 0.338 e. The Morgan fingerprint density at radius 3 is 1.93 bits per heavy atom. The molecular formula is C10H25NO2Si. The van der Waals surface area contributed by atoms with Crippen LogP contribution in [0, 0.1) is 5.92 Å². The Labute approximate surface area is 89.2 Å². The molecule has 0 saturated carbocycles. The summed E-state index contributed by atoms with van der Waals surface area (Å²) in [6.45, 7) is 10.6. The van der Waals surface area contributed by atoms with Gasteiger partial charge in [-0.1, -0.05) is 13.8 Å². The molecule has 0 bridgehead atoms. The second-order valence-electron chi connectivity index (χ2n) is 3.68. The average molecular weight is 219 g/mol. The number of hydrogen-bond acceptors (Lipinski definition) is 3. The summed E-state index contributed by atoms with van der Waals surface area (Å²) in [7, 11) is -1.93. The lowest BCUT2D eigenvalue weighted by atomic mass is 10.2. The standard InChI is InChI=1S/C10H25NO2Si/c1-5-12-14(7-3,13-6-2)9-10(4)8-11/h10H,5-9,11H2,1-4H3. The highest BCUT2D eigenvalue weighted by Gasteiger charge is 2.36. The lowest BCUT2D eigenvalue weighted by Gasteiger charge is -2.31. The lowest BCUT2D eigenvalue weighted by Crippen LogP contribution is -2.43. The van der Waals surface area contributed by atoms with Gasteiger partial charge in [0, 0.05) is 13.2 Å². The largest absolute Gasteiger partial charge is 0.394 e. The highest BCUT2D eigenvalue weighted by Crippen LogP contribution is 2.23. The Hall–Kier alpha value is 0.0969. The fourth-order valence-corrected chi connectivity index (χ4v) is 4.94.